The zero-order valence-electron chi connectivity index (χ0n) is 11.2. The van der Waals surface area contributed by atoms with Crippen LogP contribution >= 0.6 is 15.9 Å². The minimum Gasteiger partial charge on any atom is -0.378 e. The first-order chi connectivity index (χ1) is 8.44. The summed E-state index contributed by atoms with van der Waals surface area (Å²) in [5.41, 5.74) is 0. The van der Waals surface area contributed by atoms with Crippen LogP contribution in [0.4, 0.5) is 0 Å². The summed E-state index contributed by atoms with van der Waals surface area (Å²) in [7, 11) is -3.22. The summed E-state index contributed by atoms with van der Waals surface area (Å²) in [5.74, 6) is 0.469. The molecule has 0 radical (unpaired) electrons. The van der Waals surface area contributed by atoms with Gasteiger partial charge in [-0.1, -0.05) is 28.8 Å². The molecule has 1 fully saturated rings. The Kier molecular flexibility index (Phi) is 7.13. The Morgan fingerprint density at radius 1 is 1.33 bits per heavy atom. The molecule has 1 aliphatic carbocycles. The maximum Gasteiger partial charge on any atom is 0.214 e. The van der Waals surface area contributed by atoms with E-state index in [1.54, 1.807) is 0 Å². The Morgan fingerprint density at radius 3 is 2.61 bits per heavy atom. The van der Waals surface area contributed by atoms with Crippen molar-refractivity contribution in [2.45, 2.75) is 51.7 Å². The van der Waals surface area contributed by atoms with E-state index < -0.39 is 10.0 Å². The molecule has 0 aromatic carbocycles. The number of nitrogens with one attached hydrogen (secondary N) is 1. The number of halogens is 1. The lowest BCUT2D eigenvalue weighted by Crippen LogP contribution is -2.44. The van der Waals surface area contributed by atoms with Crippen LogP contribution in [0.3, 0.4) is 0 Å². The number of sulfonamides is 1. The van der Waals surface area contributed by atoms with Gasteiger partial charge in [0, 0.05) is 11.4 Å². The molecule has 0 amide bonds. The first-order valence-corrected chi connectivity index (χ1v) is 9.39. The third kappa shape index (κ3) is 5.99. The van der Waals surface area contributed by atoms with Gasteiger partial charge in [-0.2, -0.15) is 0 Å². The van der Waals surface area contributed by atoms with Gasteiger partial charge in [0.25, 0.3) is 0 Å². The molecule has 0 saturated heterocycles. The van der Waals surface area contributed by atoms with Gasteiger partial charge in [-0.15, -0.1) is 0 Å². The molecule has 2 atom stereocenters. The van der Waals surface area contributed by atoms with Gasteiger partial charge in [0.15, 0.2) is 0 Å². The maximum atomic E-state index is 11.9. The second kappa shape index (κ2) is 7.82. The van der Waals surface area contributed by atoms with Crippen molar-refractivity contribution >= 4 is 26.0 Å². The molecule has 0 aromatic rings. The van der Waals surface area contributed by atoms with Crippen molar-refractivity contribution in [3.05, 3.63) is 0 Å². The molecule has 0 bridgehead atoms. The van der Waals surface area contributed by atoms with Crippen molar-refractivity contribution < 1.29 is 13.2 Å². The molecule has 4 nitrogen and oxygen atoms in total. The van der Waals surface area contributed by atoms with Crippen molar-refractivity contribution in [3.8, 4) is 0 Å². The zero-order valence-corrected chi connectivity index (χ0v) is 13.6. The lowest BCUT2D eigenvalue weighted by atomic mass is 9.87. The first kappa shape index (κ1) is 16.4. The molecule has 2 unspecified atom stereocenters. The van der Waals surface area contributed by atoms with Crippen LogP contribution in [0.2, 0.25) is 0 Å². The molecule has 1 N–H and O–H groups in total. The van der Waals surface area contributed by atoms with Crippen molar-refractivity contribution in [2.75, 3.05) is 17.7 Å². The monoisotopic (exact) mass is 341 g/mol. The molecule has 1 aliphatic rings. The normalized spacial score (nSPS) is 25.6. The minimum absolute atomic E-state index is 0.0523. The molecule has 0 aliphatic heterocycles. The summed E-state index contributed by atoms with van der Waals surface area (Å²) in [6.07, 6.45) is 4.43. The average molecular weight is 342 g/mol. The predicted molar refractivity (Wildman–Crippen MR) is 77.6 cm³/mol. The Labute approximate surface area is 119 Å². The van der Waals surface area contributed by atoms with Gasteiger partial charge in [0.05, 0.1) is 18.5 Å². The fourth-order valence-corrected chi connectivity index (χ4v) is 4.21. The molecule has 0 spiro atoms. The van der Waals surface area contributed by atoms with Crippen LogP contribution in [0.25, 0.3) is 0 Å². The highest BCUT2D eigenvalue weighted by molar-refractivity contribution is 9.09. The molecule has 1 rings (SSSR count). The van der Waals surface area contributed by atoms with E-state index in [2.05, 4.69) is 20.7 Å². The third-order valence-corrected chi connectivity index (χ3v) is 5.44. The number of ether oxygens (including phenoxy) is 1. The van der Waals surface area contributed by atoms with Gasteiger partial charge >= 0.3 is 0 Å². The molecular formula is C12H24BrNO3S. The van der Waals surface area contributed by atoms with Crippen LogP contribution in [0.15, 0.2) is 0 Å². The number of alkyl halides is 1. The summed E-state index contributed by atoms with van der Waals surface area (Å²) in [4.78, 5) is 0. The zero-order chi connectivity index (χ0) is 13.6. The number of rotatable bonds is 7. The quantitative estimate of drug-likeness (QED) is 0.722. The second-order valence-corrected chi connectivity index (χ2v) is 7.68. The molecule has 6 heteroatoms. The van der Waals surface area contributed by atoms with E-state index in [9.17, 15) is 8.42 Å². The summed E-state index contributed by atoms with van der Waals surface area (Å²) >= 11 is 3.47. The standard InChI is InChI=1S/C12H24BrNO3S/c1-10(2)17-7-8-18(15,16)14-12-6-4-3-5-11(12)9-13/h10-12,14H,3-9H2,1-2H3. The maximum absolute atomic E-state index is 11.9. The largest absolute Gasteiger partial charge is 0.378 e. The molecule has 0 aromatic heterocycles. The van der Waals surface area contributed by atoms with Crippen molar-refractivity contribution in [3.63, 3.8) is 0 Å². The van der Waals surface area contributed by atoms with E-state index in [1.807, 2.05) is 13.8 Å². The van der Waals surface area contributed by atoms with E-state index in [0.717, 1.165) is 24.6 Å². The van der Waals surface area contributed by atoms with Crippen LogP contribution in [0.1, 0.15) is 39.5 Å². The summed E-state index contributed by atoms with van der Waals surface area (Å²) in [6.45, 7) is 4.07. The topological polar surface area (TPSA) is 55.4 Å². The first-order valence-electron chi connectivity index (χ1n) is 6.62. The molecule has 1 saturated carbocycles. The van der Waals surface area contributed by atoms with Gasteiger partial charge in [-0.05, 0) is 32.6 Å². The number of hydrogen-bond donors (Lipinski definition) is 1. The summed E-state index contributed by atoms with van der Waals surface area (Å²) in [5, 5.41) is 0.864. The van der Waals surface area contributed by atoms with Crippen LogP contribution < -0.4 is 4.72 Å². The van der Waals surface area contributed by atoms with Gasteiger partial charge < -0.3 is 4.74 Å². The van der Waals surface area contributed by atoms with Crippen molar-refractivity contribution in [2.24, 2.45) is 5.92 Å². The van der Waals surface area contributed by atoms with Crippen LogP contribution in [-0.4, -0.2) is 38.3 Å². The highest BCUT2D eigenvalue weighted by Crippen LogP contribution is 2.26. The Hall–Kier alpha value is 0.350. The molecule has 18 heavy (non-hydrogen) atoms. The Bertz CT molecular complexity index is 332. The van der Waals surface area contributed by atoms with Gasteiger partial charge in [-0.25, -0.2) is 13.1 Å². The lowest BCUT2D eigenvalue weighted by Gasteiger charge is -2.30. The highest BCUT2D eigenvalue weighted by Gasteiger charge is 2.27. The fraction of sp³-hybridized carbons (Fsp3) is 1.00. The van der Waals surface area contributed by atoms with E-state index in [4.69, 9.17) is 4.74 Å². The van der Waals surface area contributed by atoms with E-state index in [-0.39, 0.29) is 24.5 Å². The van der Waals surface area contributed by atoms with Gasteiger partial charge in [-0.3, -0.25) is 0 Å². The molecule has 0 heterocycles. The van der Waals surface area contributed by atoms with Crippen LogP contribution in [-0.2, 0) is 14.8 Å². The Balaban J connectivity index is 2.43. The molecule has 108 valence electrons. The van der Waals surface area contributed by atoms with E-state index >= 15 is 0 Å². The van der Waals surface area contributed by atoms with E-state index in [0.29, 0.717) is 5.92 Å². The van der Waals surface area contributed by atoms with Crippen molar-refractivity contribution in [1.29, 1.82) is 0 Å². The van der Waals surface area contributed by atoms with Crippen molar-refractivity contribution in [1.82, 2.24) is 4.72 Å². The second-order valence-electron chi connectivity index (χ2n) is 5.16. The summed E-state index contributed by atoms with van der Waals surface area (Å²) < 4.78 is 32.0. The predicted octanol–water partition coefficient (Wildman–Crippen LogP) is 2.28. The molecular weight excluding hydrogens is 318 g/mol. The van der Waals surface area contributed by atoms with E-state index in [1.165, 1.54) is 6.42 Å². The third-order valence-electron chi connectivity index (χ3n) is 3.24. The van der Waals surface area contributed by atoms with Crippen LogP contribution in [0.5, 0.6) is 0 Å². The minimum atomic E-state index is -3.22. The fourth-order valence-electron chi connectivity index (χ4n) is 2.23. The SMILES string of the molecule is CC(C)OCCS(=O)(=O)NC1CCCCC1CBr. The smallest absolute Gasteiger partial charge is 0.214 e. The number of hydrogen-bond acceptors (Lipinski definition) is 3. The van der Waals surface area contributed by atoms with Gasteiger partial charge in [0.1, 0.15) is 0 Å². The lowest BCUT2D eigenvalue weighted by molar-refractivity contribution is 0.0910. The average Bonchev–Trinajstić information content (AvgIpc) is 2.28. The van der Waals surface area contributed by atoms with Crippen LogP contribution in [0, 0.1) is 5.92 Å². The summed E-state index contributed by atoms with van der Waals surface area (Å²) in [6, 6.07) is 0.0853. The van der Waals surface area contributed by atoms with Gasteiger partial charge in [0.2, 0.25) is 10.0 Å². The highest BCUT2D eigenvalue weighted by atomic mass is 79.9. The Morgan fingerprint density at radius 2 is 2.00 bits per heavy atom.